The number of sulfone groups is 1. The summed E-state index contributed by atoms with van der Waals surface area (Å²) < 4.78 is 23.1. The third-order valence-electron chi connectivity index (χ3n) is 4.37. The van der Waals surface area contributed by atoms with Gasteiger partial charge in [-0.3, -0.25) is 9.69 Å². The van der Waals surface area contributed by atoms with Crippen molar-refractivity contribution >= 4 is 15.7 Å². The zero-order valence-corrected chi connectivity index (χ0v) is 13.2. The van der Waals surface area contributed by atoms with Crippen molar-refractivity contribution < 1.29 is 13.2 Å². The van der Waals surface area contributed by atoms with E-state index >= 15 is 0 Å². The van der Waals surface area contributed by atoms with Gasteiger partial charge in [-0.1, -0.05) is 12.8 Å². The standard InChI is InChI=1S/C14H26N2O3S/c1-2-16(13-7-10-20(18,19)12-13)14(17)11-15-8-5-3-4-6-9-15/h13H,2-12H2,1H3. The summed E-state index contributed by atoms with van der Waals surface area (Å²) in [6.07, 6.45) is 5.43. The summed E-state index contributed by atoms with van der Waals surface area (Å²) >= 11 is 0. The Morgan fingerprint density at radius 2 is 1.85 bits per heavy atom. The Hall–Kier alpha value is -0.620. The average Bonchev–Trinajstić information content (AvgIpc) is 2.61. The molecule has 1 unspecified atom stereocenters. The molecule has 0 N–H and O–H groups in total. The van der Waals surface area contributed by atoms with Crippen LogP contribution in [0.3, 0.4) is 0 Å². The van der Waals surface area contributed by atoms with Crippen molar-refractivity contribution in [2.75, 3.05) is 37.7 Å². The van der Waals surface area contributed by atoms with Crippen molar-refractivity contribution in [2.45, 2.75) is 45.1 Å². The zero-order chi connectivity index (χ0) is 14.6. The van der Waals surface area contributed by atoms with E-state index in [9.17, 15) is 13.2 Å². The first kappa shape index (κ1) is 15.8. The molecular weight excluding hydrogens is 276 g/mol. The fraction of sp³-hybridized carbons (Fsp3) is 0.929. The van der Waals surface area contributed by atoms with Crippen molar-refractivity contribution in [1.82, 2.24) is 9.80 Å². The molecule has 0 aliphatic carbocycles. The Balaban J connectivity index is 1.91. The molecule has 0 bridgehead atoms. The number of carbonyl (C=O) groups is 1. The highest BCUT2D eigenvalue weighted by molar-refractivity contribution is 7.91. The minimum absolute atomic E-state index is 0.0940. The topological polar surface area (TPSA) is 57.7 Å². The van der Waals surface area contributed by atoms with Gasteiger partial charge in [0.05, 0.1) is 18.1 Å². The van der Waals surface area contributed by atoms with Crippen molar-refractivity contribution in [3.63, 3.8) is 0 Å². The Labute approximate surface area is 122 Å². The molecule has 1 atom stereocenters. The number of likely N-dealkylation sites (N-methyl/N-ethyl adjacent to an activating group) is 1. The Morgan fingerprint density at radius 1 is 1.20 bits per heavy atom. The summed E-state index contributed by atoms with van der Waals surface area (Å²) in [7, 11) is -2.93. The van der Waals surface area contributed by atoms with Crippen LogP contribution in [-0.4, -0.2) is 67.9 Å². The number of nitrogens with zero attached hydrogens (tertiary/aromatic N) is 2. The molecule has 0 radical (unpaired) electrons. The van der Waals surface area contributed by atoms with E-state index in [0.29, 0.717) is 19.5 Å². The van der Waals surface area contributed by atoms with E-state index in [2.05, 4.69) is 4.90 Å². The average molecular weight is 302 g/mol. The SMILES string of the molecule is CCN(C(=O)CN1CCCCCC1)C1CCS(=O)(=O)C1. The third kappa shape index (κ3) is 4.19. The third-order valence-corrected chi connectivity index (χ3v) is 6.12. The van der Waals surface area contributed by atoms with Gasteiger partial charge in [-0.15, -0.1) is 0 Å². The highest BCUT2D eigenvalue weighted by Crippen LogP contribution is 2.18. The van der Waals surface area contributed by atoms with Crippen molar-refractivity contribution in [3.8, 4) is 0 Å². The number of likely N-dealkylation sites (tertiary alicyclic amines) is 1. The maximum absolute atomic E-state index is 12.4. The molecule has 0 spiro atoms. The summed E-state index contributed by atoms with van der Waals surface area (Å²) in [6.45, 7) is 4.97. The maximum Gasteiger partial charge on any atom is 0.237 e. The van der Waals surface area contributed by atoms with E-state index in [4.69, 9.17) is 0 Å². The van der Waals surface area contributed by atoms with Crippen LogP contribution < -0.4 is 0 Å². The fourth-order valence-corrected chi connectivity index (χ4v) is 4.97. The first-order valence-electron chi connectivity index (χ1n) is 7.74. The lowest BCUT2D eigenvalue weighted by atomic mass is 10.2. The van der Waals surface area contributed by atoms with Gasteiger partial charge >= 0.3 is 0 Å². The fourth-order valence-electron chi connectivity index (χ4n) is 3.24. The summed E-state index contributed by atoms with van der Waals surface area (Å²) in [5.41, 5.74) is 0. The summed E-state index contributed by atoms with van der Waals surface area (Å²) in [4.78, 5) is 16.4. The van der Waals surface area contributed by atoms with Crippen LogP contribution in [0.1, 0.15) is 39.0 Å². The number of rotatable bonds is 4. The van der Waals surface area contributed by atoms with Crippen LogP contribution in [-0.2, 0) is 14.6 Å². The molecule has 0 aromatic carbocycles. The van der Waals surface area contributed by atoms with E-state index in [0.717, 1.165) is 25.9 Å². The Bertz CT molecular complexity index is 428. The van der Waals surface area contributed by atoms with Crippen molar-refractivity contribution in [3.05, 3.63) is 0 Å². The number of hydrogen-bond donors (Lipinski definition) is 0. The highest BCUT2D eigenvalue weighted by atomic mass is 32.2. The molecule has 2 aliphatic heterocycles. The maximum atomic E-state index is 12.4. The molecule has 0 aromatic rings. The van der Waals surface area contributed by atoms with E-state index in [1.165, 1.54) is 12.8 Å². The van der Waals surface area contributed by atoms with Crippen LogP contribution in [0.4, 0.5) is 0 Å². The molecule has 116 valence electrons. The summed E-state index contributed by atoms with van der Waals surface area (Å²) in [6, 6.07) is -0.107. The van der Waals surface area contributed by atoms with Gasteiger partial charge in [-0.25, -0.2) is 8.42 Å². The van der Waals surface area contributed by atoms with E-state index in [1.807, 2.05) is 6.92 Å². The van der Waals surface area contributed by atoms with Gasteiger partial charge in [0.25, 0.3) is 0 Å². The second-order valence-corrected chi connectivity index (χ2v) is 8.16. The first-order valence-corrected chi connectivity index (χ1v) is 9.56. The van der Waals surface area contributed by atoms with Crippen LogP contribution in [0.25, 0.3) is 0 Å². The summed E-state index contributed by atoms with van der Waals surface area (Å²) in [5.74, 6) is 0.467. The van der Waals surface area contributed by atoms with Gasteiger partial charge in [0.1, 0.15) is 0 Å². The van der Waals surface area contributed by atoms with Gasteiger partial charge in [0, 0.05) is 12.6 Å². The van der Waals surface area contributed by atoms with Gasteiger partial charge < -0.3 is 4.90 Å². The predicted molar refractivity (Wildman–Crippen MR) is 79.4 cm³/mol. The van der Waals surface area contributed by atoms with Gasteiger partial charge in [0.15, 0.2) is 9.84 Å². The molecular formula is C14H26N2O3S. The smallest absolute Gasteiger partial charge is 0.237 e. The van der Waals surface area contributed by atoms with E-state index in [1.54, 1.807) is 4.90 Å². The van der Waals surface area contributed by atoms with Crippen LogP contribution in [0.5, 0.6) is 0 Å². The summed E-state index contributed by atoms with van der Waals surface area (Å²) in [5, 5.41) is 0. The van der Waals surface area contributed by atoms with Gasteiger partial charge in [-0.05, 0) is 39.3 Å². The number of hydrogen-bond acceptors (Lipinski definition) is 4. The van der Waals surface area contributed by atoms with E-state index < -0.39 is 9.84 Å². The lowest BCUT2D eigenvalue weighted by Gasteiger charge is -2.29. The molecule has 2 rings (SSSR count). The molecule has 0 saturated carbocycles. The van der Waals surface area contributed by atoms with Crippen molar-refractivity contribution in [1.29, 1.82) is 0 Å². The minimum atomic E-state index is -2.93. The molecule has 6 heteroatoms. The van der Waals surface area contributed by atoms with Crippen molar-refractivity contribution in [2.24, 2.45) is 0 Å². The largest absolute Gasteiger partial charge is 0.338 e. The zero-order valence-electron chi connectivity index (χ0n) is 12.4. The molecule has 2 heterocycles. The van der Waals surface area contributed by atoms with Crippen LogP contribution >= 0.6 is 0 Å². The molecule has 5 nitrogen and oxygen atoms in total. The van der Waals surface area contributed by atoms with Gasteiger partial charge in [-0.2, -0.15) is 0 Å². The Morgan fingerprint density at radius 3 is 2.35 bits per heavy atom. The molecule has 0 aromatic heterocycles. The number of carbonyl (C=O) groups excluding carboxylic acids is 1. The van der Waals surface area contributed by atoms with Crippen LogP contribution in [0.15, 0.2) is 0 Å². The quantitative estimate of drug-likeness (QED) is 0.774. The normalized spacial score (nSPS) is 27.1. The Kier molecular flexibility index (Phi) is 5.43. The van der Waals surface area contributed by atoms with E-state index in [-0.39, 0.29) is 23.5 Å². The predicted octanol–water partition coefficient (Wildman–Crippen LogP) is 0.898. The highest BCUT2D eigenvalue weighted by Gasteiger charge is 2.34. The first-order chi connectivity index (χ1) is 9.52. The van der Waals surface area contributed by atoms with Crippen LogP contribution in [0.2, 0.25) is 0 Å². The second-order valence-electron chi connectivity index (χ2n) is 5.93. The number of amides is 1. The van der Waals surface area contributed by atoms with Gasteiger partial charge in [0.2, 0.25) is 5.91 Å². The molecule has 2 aliphatic rings. The lowest BCUT2D eigenvalue weighted by Crippen LogP contribution is -2.46. The second kappa shape index (κ2) is 6.89. The molecule has 1 amide bonds. The minimum Gasteiger partial charge on any atom is -0.338 e. The molecule has 2 saturated heterocycles. The molecule has 20 heavy (non-hydrogen) atoms. The monoisotopic (exact) mass is 302 g/mol. The lowest BCUT2D eigenvalue weighted by molar-refractivity contribution is -0.134. The van der Waals surface area contributed by atoms with Crippen LogP contribution in [0, 0.1) is 0 Å². The molecule has 2 fully saturated rings.